The number of amides is 1. The summed E-state index contributed by atoms with van der Waals surface area (Å²) in [4.78, 5) is 34.6. The molecule has 0 aromatic carbocycles. The number of carbonyl (C=O) groups excluding carboxylic acids is 1. The van der Waals surface area contributed by atoms with Crippen LogP contribution in [0, 0.1) is 0 Å². The first kappa shape index (κ1) is 29.3. The number of rotatable bonds is 4. The van der Waals surface area contributed by atoms with Gasteiger partial charge in [-0.05, 0) is 36.4 Å². The molecule has 1 amide bonds. The van der Waals surface area contributed by atoms with E-state index in [0.717, 1.165) is 22.6 Å². The van der Waals surface area contributed by atoms with Gasteiger partial charge in [0, 0.05) is 18.6 Å². The van der Waals surface area contributed by atoms with Crippen molar-refractivity contribution in [3.63, 3.8) is 0 Å². The first-order valence-electron chi connectivity index (χ1n) is 10.1. The van der Waals surface area contributed by atoms with E-state index in [4.69, 9.17) is 19.8 Å². The lowest BCUT2D eigenvalue weighted by atomic mass is 10.2. The number of carbonyl (C=O) groups is 3. The number of fused-ring (bicyclic) bond motifs is 1. The number of aliphatic carboxylic acids is 2. The molecule has 202 valence electrons. The fourth-order valence-corrected chi connectivity index (χ4v) is 2.71. The fraction of sp³-hybridized carbons (Fsp3) is 0.136. The third kappa shape index (κ3) is 8.35. The number of nitrogens with zero attached hydrogens (tertiary/aromatic N) is 3. The molecular weight excluding hydrogens is 528 g/mol. The Labute approximate surface area is 208 Å². The Hall–Kier alpha value is -4.89. The molecule has 0 radical (unpaired) electrons. The number of aromatic nitrogens is 4. The molecule has 0 bridgehead atoms. The van der Waals surface area contributed by atoms with Crippen LogP contribution in [0.4, 0.5) is 26.3 Å². The van der Waals surface area contributed by atoms with Gasteiger partial charge in [-0.3, -0.25) is 14.9 Å². The highest BCUT2D eigenvalue weighted by molar-refractivity contribution is 6.02. The first-order valence-corrected chi connectivity index (χ1v) is 10.1. The van der Waals surface area contributed by atoms with Gasteiger partial charge in [0.2, 0.25) is 0 Å². The largest absolute Gasteiger partial charge is 0.490 e. The predicted molar refractivity (Wildman–Crippen MR) is 118 cm³/mol. The number of alkyl halides is 6. The summed E-state index contributed by atoms with van der Waals surface area (Å²) in [6.07, 6.45) is -4.83. The second kappa shape index (κ2) is 12.4. The van der Waals surface area contributed by atoms with E-state index in [1.54, 1.807) is 12.4 Å². The van der Waals surface area contributed by atoms with Crippen LogP contribution in [-0.2, 0) is 16.1 Å². The molecule has 4 aromatic rings. The molecular formula is C22H17F6N5O5. The van der Waals surface area contributed by atoms with Gasteiger partial charge >= 0.3 is 24.3 Å². The minimum Gasteiger partial charge on any atom is -0.475 e. The van der Waals surface area contributed by atoms with Gasteiger partial charge in [-0.15, -0.1) is 0 Å². The van der Waals surface area contributed by atoms with E-state index in [2.05, 4.69) is 20.5 Å². The Balaban J connectivity index is 0.000000301. The van der Waals surface area contributed by atoms with Crippen LogP contribution in [0.5, 0.6) is 0 Å². The molecule has 0 fully saturated rings. The number of carboxylic acid groups (broad SMARTS) is 2. The number of carboxylic acids is 2. The van der Waals surface area contributed by atoms with Gasteiger partial charge in [-0.1, -0.05) is 12.1 Å². The lowest BCUT2D eigenvalue weighted by Crippen LogP contribution is -2.23. The van der Waals surface area contributed by atoms with Crippen LogP contribution in [0.3, 0.4) is 0 Å². The number of aromatic amines is 1. The average Bonchev–Trinajstić information content (AvgIpc) is 3.51. The number of hydrogen-bond donors (Lipinski definition) is 4. The summed E-state index contributed by atoms with van der Waals surface area (Å²) >= 11 is 0. The van der Waals surface area contributed by atoms with E-state index in [1.165, 1.54) is 0 Å². The number of H-pyrrole nitrogens is 1. The van der Waals surface area contributed by atoms with E-state index in [0.29, 0.717) is 12.1 Å². The zero-order chi connectivity index (χ0) is 28.5. The smallest absolute Gasteiger partial charge is 0.475 e. The summed E-state index contributed by atoms with van der Waals surface area (Å²) in [7, 11) is 0. The second-order valence-electron chi connectivity index (χ2n) is 6.98. The van der Waals surface area contributed by atoms with Crippen LogP contribution in [0.15, 0.2) is 67.1 Å². The first-order chi connectivity index (χ1) is 17.7. The molecule has 0 aliphatic rings. The van der Waals surface area contributed by atoms with Crippen molar-refractivity contribution in [1.82, 2.24) is 24.9 Å². The third-order valence-electron chi connectivity index (χ3n) is 4.34. The highest BCUT2D eigenvalue weighted by Gasteiger charge is 2.38. The molecule has 0 atom stereocenters. The van der Waals surface area contributed by atoms with Gasteiger partial charge in [0.05, 0.1) is 34.7 Å². The van der Waals surface area contributed by atoms with Gasteiger partial charge in [0.1, 0.15) is 0 Å². The molecule has 38 heavy (non-hydrogen) atoms. The van der Waals surface area contributed by atoms with Gasteiger partial charge in [0.15, 0.2) is 0 Å². The SMILES string of the molecule is O=C(NCc1ccccn1)c1cc(-c2ccn[nH]2)n2ccccc12.O=C(O)C(F)(F)F.O=C(O)C(F)(F)F. The standard InChI is InChI=1S/C18H15N5O.2C2HF3O2/c24-18(20-12-13-5-1-3-8-19-13)14-11-17(15-7-9-21-22-15)23-10-4-2-6-16(14)23;2*3-2(4,5)1(6)7/h1-11H,12H2,(H,20,24)(H,21,22);2*(H,6,7). The van der Waals surface area contributed by atoms with Crippen LogP contribution in [0.25, 0.3) is 16.9 Å². The Morgan fingerprint density at radius 3 is 2.00 bits per heavy atom. The summed E-state index contributed by atoms with van der Waals surface area (Å²) in [5.74, 6) is -5.64. The van der Waals surface area contributed by atoms with Crippen LogP contribution in [-0.4, -0.2) is 60.0 Å². The molecule has 4 rings (SSSR count). The summed E-state index contributed by atoms with van der Waals surface area (Å²) in [6, 6.07) is 15.2. The molecule has 0 spiro atoms. The highest BCUT2D eigenvalue weighted by Crippen LogP contribution is 2.24. The summed E-state index contributed by atoms with van der Waals surface area (Å²) < 4.78 is 65.4. The minimum atomic E-state index is -5.08. The van der Waals surface area contributed by atoms with Crippen LogP contribution >= 0.6 is 0 Å². The zero-order valence-electron chi connectivity index (χ0n) is 18.8. The molecule has 0 aliphatic heterocycles. The van der Waals surface area contributed by atoms with Crippen LogP contribution < -0.4 is 5.32 Å². The maximum absolute atomic E-state index is 12.6. The van der Waals surface area contributed by atoms with Gasteiger partial charge in [0.25, 0.3) is 5.91 Å². The molecule has 10 nitrogen and oxygen atoms in total. The molecule has 0 saturated heterocycles. The molecule has 0 unspecified atom stereocenters. The Kier molecular flexibility index (Phi) is 9.56. The van der Waals surface area contributed by atoms with E-state index in [9.17, 15) is 31.1 Å². The van der Waals surface area contributed by atoms with Gasteiger partial charge in [-0.25, -0.2) is 9.59 Å². The quantitative estimate of drug-likeness (QED) is 0.284. The van der Waals surface area contributed by atoms with Crippen molar-refractivity contribution in [2.24, 2.45) is 0 Å². The molecule has 16 heteroatoms. The Morgan fingerprint density at radius 1 is 0.895 bits per heavy atom. The normalized spacial score (nSPS) is 11.0. The van der Waals surface area contributed by atoms with Crippen molar-refractivity contribution in [2.45, 2.75) is 18.9 Å². The van der Waals surface area contributed by atoms with Crippen LogP contribution in [0.1, 0.15) is 16.1 Å². The third-order valence-corrected chi connectivity index (χ3v) is 4.34. The summed E-state index contributed by atoms with van der Waals surface area (Å²) in [5.41, 5.74) is 4.05. The van der Waals surface area contributed by atoms with E-state index < -0.39 is 24.3 Å². The molecule has 4 heterocycles. The second-order valence-corrected chi connectivity index (χ2v) is 6.98. The van der Waals surface area contributed by atoms with Crippen LogP contribution in [0.2, 0.25) is 0 Å². The predicted octanol–water partition coefficient (Wildman–Crippen LogP) is 3.92. The maximum Gasteiger partial charge on any atom is 0.490 e. The number of nitrogens with one attached hydrogen (secondary N) is 2. The van der Waals surface area contributed by atoms with Crippen molar-refractivity contribution in [3.05, 3.63) is 78.4 Å². The number of hydrogen-bond acceptors (Lipinski definition) is 5. The van der Waals surface area contributed by atoms with Crippen molar-refractivity contribution < 1.29 is 50.9 Å². The minimum absolute atomic E-state index is 0.130. The van der Waals surface area contributed by atoms with Gasteiger partial charge < -0.3 is 19.9 Å². The van der Waals surface area contributed by atoms with Crippen molar-refractivity contribution in [2.75, 3.05) is 0 Å². The number of pyridine rings is 2. The zero-order valence-corrected chi connectivity index (χ0v) is 18.8. The maximum atomic E-state index is 12.6. The van der Waals surface area contributed by atoms with E-state index in [-0.39, 0.29) is 5.91 Å². The monoisotopic (exact) mass is 545 g/mol. The Morgan fingerprint density at radius 2 is 1.50 bits per heavy atom. The molecule has 4 N–H and O–H groups in total. The lowest BCUT2D eigenvalue weighted by Gasteiger charge is -2.04. The molecule has 0 saturated carbocycles. The molecule has 0 aliphatic carbocycles. The van der Waals surface area contributed by atoms with Crippen molar-refractivity contribution in [1.29, 1.82) is 0 Å². The summed E-state index contributed by atoms with van der Waals surface area (Å²) in [5, 5.41) is 24.1. The summed E-state index contributed by atoms with van der Waals surface area (Å²) in [6.45, 7) is 0.392. The average molecular weight is 545 g/mol. The molecule has 4 aromatic heterocycles. The fourth-order valence-electron chi connectivity index (χ4n) is 2.71. The highest BCUT2D eigenvalue weighted by atomic mass is 19.4. The van der Waals surface area contributed by atoms with Crippen molar-refractivity contribution in [3.8, 4) is 11.4 Å². The Bertz CT molecular complexity index is 1350. The topological polar surface area (TPSA) is 150 Å². The van der Waals surface area contributed by atoms with E-state index >= 15 is 0 Å². The van der Waals surface area contributed by atoms with E-state index in [1.807, 2.05) is 59.1 Å². The van der Waals surface area contributed by atoms with Gasteiger partial charge in [-0.2, -0.15) is 31.4 Å². The lowest BCUT2D eigenvalue weighted by molar-refractivity contribution is -0.193. The number of halogens is 6. The van der Waals surface area contributed by atoms with Crippen molar-refractivity contribution >= 4 is 23.4 Å².